The molecule has 1 atom stereocenters. The Kier molecular flexibility index (Phi) is 8.35. The van der Waals surface area contributed by atoms with Crippen molar-refractivity contribution in [3.63, 3.8) is 0 Å². The van der Waals surface area contributed by atoms with Crippen LogP contribution in [-0.2, 0) is 27.9 Å². The molecule has 0 saturated heterocycles. The van der Waals surface area contributed by atoms with E-state index in [1.807, 2.05) is 41.8 Å². The summed E-state index contributed by atoms with van der Waals surface area (Å²) in [5.41, 5.74) is 1.07. The molecule has 0 N–H and O–H groups in total. The smallest absolute Gasteiger partial charge is 0.242 e. The van der Waals surface area contributed by atoms with Gasteiger partial charge in [0.15, 0.2) is 0 Å². The number of methoxy groups -OCH3 is 1. The lowest BCUT2D eigenvalue weighted by Crippen LogP contribution is -2.48. The number of nitrogens with zero attached hydrogens (tertiary/aromatic N) is 3. The number of hydrogen-bond acceptors (Lipinski definition) is 3. The van der Waals surface area contributed by atoms with Crippen molar-refractivity contribution in [2.45, 2.75) is 58.5 Å². The summed E-state index contributed by atoms with van der Waals surface area (Å²) in [5.74, 6) is 0.229. The lowest BCUT2D eigenvalue weighted by Gasteiger charge is -2.33. The Labute approximate surface area is 163 Å². The van der Waals surface area contributed by atoms with Gasteiger partial charge >= 0.3 is 0 Å². The van der Waals surface area contributed by atoms with Crippen LogP contribution >= 0.6 is 0 Å². The van der Waals surface area contributed by atoms with Crippen LogP contribution in [0, 0.1) is 5.92 Å². The van der Waals surface area contributed by atoms with E-state index in [1.165, 1.54) is 0 Å². The topological polar surface area (TPSA) is 54.8 Å². The highest BCUT2D eigenvalue weighted by atomic mass is 16.5. The number of aromatic nitrogens is 1. The first-order valence-electron chi connectivity index (χ1n) is 10.1. The monoisotopic (exact) mass is 377 g/mol. The average Bonchev–Trinajstić information content (AvgIpc) is 3.34. The molecule has 152 valence electrons. The van der Waals surface area contributed by atoms with Crippen LogP contribution in [0.25, 0.3) is 0 Å². The van der Waals surface area contributed by atoms with Crippen LogP contribution < -0.4 is 0 Å². The number of ether oxygens (including phenoxy) is 1. The Balaban J connectivity index is 2.10. The molecule has 1 saturated carbocycles. The van der Waals surface area contributed by atoms with E-state index in [2.05, 4.69) is 6.92 Å². The molecule has 6 nitrogen and oxygen atoms in total. The second kappa shape index (κ2) is 10.5. The van der Waals surface area contributed by atoms with Gasteiger partial charge in [-0.25, -0.2) is 0 Å². The Morgan fingerprint density at radius 3 is 2.59 bits per heavy atom. The minimum absolute atomic E-state index is 0.0140. The van der Waals surface area contributed by atoms with Gasteiger partial charge in [-0.3, -0.25) is 9.59 Å². The van der Waals surface area contributed by atoms with Crippen LogP contribution in [0.1, 0.15) is 51.6 Å². The number of aryl methyl sites for hydroxylation is 1. The minimum Gasteiger partial charge on any atom is -0.383 e. The average molecular weight is 378 g/mol. The second-order valence-electron chi connectivity index (χ2n) is 7.62. The van der Waals surface area contributed by atoms with Crippen molar-refractivity contribution < 1.29 is 14.3 Å². The maximum absolute atomic E-state index is 13.1. The fraction of sp³-hybridized carbons (Fsp3) is 0.714. The summed E-state index contributed by atoms with van der Waals surface area (Å²) in [5, 5.41) is 0. The zero-order valence-electron chi connectivity index (χ0n) is 17.3. The van der Waals surface area contributed by atoms with E-state index in [9.17, 15) is 9.59 Å². The highest BCUT2D eigenvalue weighted by Gasteiger charge is 2.31. The van der Waals surface area contributed by atoms with Gasteiger partial charge in [-0.05, 0) is 38.3 Å². The summed E-state index contributed by atoms with van der Waals surface area (Å²) in [6, 6.07) is 4.06. The Morgan fingerprint density at radius 1 is 1.33 bits per heavy atom. The van der Waals surface area contributed by atoms with Crippen molar-refractivity contribution in [1.29, 1.82) is 0 Å². The third-order valence-electron chi connectivity index (χ3n) is 5.74. The molecule has 0 aromatic carbocycles. The predicted molar refractivity (Wildman–Crippen MR) is 106 cm³/mol. The molecular weight excluding hydrogens is 342 g/mol. The number of carbonyl (C=O) groups is 2. The fourth-order valence-corrected chi connectivity index (χ4v) is 3.67. The van der Waals surface area contributed by atoms with Gasteiger partial charge < -0.3 is 19.1 Å². The summed E-state index contributed by atoms with van der Waals surface area (Å²) in [7, 11) is 3.61. The van der Waals surface area contributed by atoms with Gasteiger partial charge in [0.2, 0.25) is 11.8 Å². The molecule has 1 fully saturated rings. The van der Waals surface area contributed by atoms with Crippen LogP contribution in [0.15, 0.2) is 18.3 Å². The number of carbonyl (C=O) groups excluding carboxylic acids is 2. The molecule has 0 bridgehead atoms. The molecule has 1 aromatic heterocycles. The molecule has 27 heavy (non-hydrogen) atoms. The van der Waals surface area contributed by atoms with E-state index in [1.54, 1.807) is 12.0 Å². The van der Waals surface area contributed by atoms with Gasteiger partial charge in [0.05, 0.1) is 13.2 Å². The number of rotatable bonds is 10. The molecule has 1 aliphatic carbocycles. The quantitative estimate of drug-likeness (QED) is 0.630. The van der Waals surface area contributed by atoms with E-state index in [0.29, 0.717) is 19.7 Å². The normalized spacial score (nSPS) is 15.7. The van der Waals surface area contributed by atoms with E-state index in [4.69, 9.17) is 4.74 Å². The summed E-state index contributed by atoms with van der Waals surface area (Å²) in [6.45, 7) is 5.78. The van der Waals surface area contributed by atoms with Crippen LogP contribution in [0.3, 0.4) is 0 Å². The van der Waals surface area contributed by atoms with Crippen LogP contribution in [0.4, 0.5) is 0 Å². The molecular formula is C21H35N3O3. The molecule has 1 aromatic rings. The molecule has 0 aliphatic heterocycles. The number of amides is 2. The lowest BCUT2D eigenvalue weighted by atomic mass is 10.0. The van der Waals surface area contributed by atoms with Crippen molar-refractivity contribution in [3.05, 3.63) is 24.0 Å². The predicted octanol–water partition coefficient (Wildman–Crippen LogP) is 2.82. The van der Waals surface area contributed by atoms with Gasteiger partial charge in [-0.1, -0.05) is 19.8 Å². The first kappa shape index (κ1) is 21.5. The van der Waals surface area contributed by atoms with Crippen LogP contribution in [0.5, 0.6) is 0 Å². The number of hydrogen-bond donors (Lipinski definition) is 0. The summed E-state index contributed by atoms with van der Waals surface area (Å²) < 4.78 is 7.21. The van der Waals surface area contributed by atoms with Crippen molar-refractivity contribution >= 4 is 11.8 Å². The third-order valence-corrected chi connectivity index (χ3v) is 5.74. The molecule has 2 amide bonds. The molecule has 6 heteroatoms. The lowest BCUT2D eigenvalue weighted by molar-refractivity contribution is -0.145. The standard InChI is InChI=1S/C21H35N3O3/c1-5-17(2)24(21(26)18-9-6-7-10-18)16-20(25)23(13-14-27-4)15-19-11-8-12-22(19)3/h8,11-12,17-18H,5-7,9-10,13-16H2,1-4H3. The SMILES string of the molecule is CCC(C)N(CC(=O)N(CCOC)Cc1cccn1C)C(=O)C1CCCC1. The largest absolute Gasteiger partial charge is 0.383 e. The fourth-order valence-electron chi connectivity index (χ4n) is 3.67. The van der Waals surface area contributed by atoms with E-state index >= 15 is 0 Å². The van der Waals surface area contributed by atoms with Gasteiger partial charge in [0, 0.05) is 44.6 Å². The van der Waals surface area contributed by atoms with Crippen LogP contribution in [-0.4, -0.2) is 59.0 Å². The van der Waals surface area contributed by atoms with E-state index < -0.39 is 0 Å². The van der Waals surface area contributed by atoms with Crippen molar-refractivity contribution in [3.8, 4) is 0 Å². The highest BCUT2D eigenvalue weighted by molar-refractivity contribution is 5.86. The molecule has 0 radical (unpaired) electrons. The summed E-state index contributed by atoms with van der Waals surface area (Å²) >= 11 is 0. The van der Waals surface area contributed by atoms with Crippen LogP contribution in [0.2, 0.25) is 0 Å². The molecule has 0 spiro atoms. The van der Waals surface area contributed by atoms with Gasteiger partial charge in [0.25, 0.3) is 0 Å². The van der Waals surface area contributed by atoms with Gasteiger partial charge in [-0.2, -0.15) is 0 Å². The first-order valence-corrected chi connectivity index (χ1v) is 10.1. The second-order valence-corrected chi connectivity index (χ2v) is 7.62. The zero-order valence-corrected chi connectivity index (χ0v) is 17.3. The molecule has 1 aliphatic rings. The van der Waals surface area contributed by atoms with Crippen molar-refractivity contribution in [1.82, 2.24) is 14.4 Å². The molecule has 2 rings (SSSR count). The van der Waals surface area contributed by atoms with Gasteiger partial charge in [-0.15, -0.1) is 0 Å². The first-order chi connectivity index (χ1) is 13.0. The summed E-state index contributed by atoms with van der Waals surface area (Å²) in [6.07, 6.45) is 6.97. The maximum atomic E-state index is 13.1. The van der Waals surface area contributed by atoms with Crippen molar-refractivity contribution in [2.24, 2.45) is 13.0 Å². The van der Waals surface area contributed by atoms with Gasteiger partial charge in [0.1, 0.15) is 6.54 Å². The minimum atomic E-state index is -0.0140. The Morgan fingerprint density at radius 2 is 2.04 bits per heavy atom. The highest BCUT2D eigenvalue weighted by Crippen LogP contribution is 2.27. The Bertz CT molecular complexity index is 608. The molecule has 1 unspecified atom stereocenters. The Hall–Kier alpha value is -1.82. The van der Waals surface area contributed by atoms with Crippen molar-refractivity contribution in [2.75, 3.05) is 26.8 Å². The third kappa shape index (κ3) is 5.83. The van der Waals surface area contributed by atoms with E-state index in [0.717, 1.165) is 37.8 Å². The maximum Gasteiger partial charge on any atom is 0.242 e. The molecule has 1 heterocycles. The zero-order chi connectivity index (χ0) is 19.8. The summed E-state index contributed by atoms with van der Waals surface area (Å²) in [4.78, 5) is 29.7. The van der Waals surface area contributed by atoms with E-state index in [-0.39, 0.29) is 30.3 Å².